The molecule has 0 saturated carbocycles. The highest BCUT2D eigenvalue weighted by Crippen LogP contribution is 2.33. The largest absolute Gasteiger partial charge is 0.507 e. The van der Waals surface area contributed by atoms with Crippen LogP contribution < -0.4 is 14.9 Å². The number of carbonyl (C=O) groups is 1. The highest BCUT2D eigenvalue weighted by atomic mass is 16.6. The average molecular weight is 395 g/mol. The second-order valence-corrected chi connectivity index (χ2v) is 5.94. The predicted molar refractivity (Wildman–Crippen MR) is 107 cm³/mol. The lowest BCUT2D eigenvalue weighted by Crippen LogP contribution is -2.17. The van der Waals surface area contributed by atoms with Gasteiger partial charge in [-0.3, -0.25) is 14.9 Å². The molecule has 0 aliphatic carbocycles. The molecule has 0 unspecified atom stereocenters. The van der Waals surface area contributed by atoms with Crippen molar-refractivity contribution in [3.8, 4) is 17.2 Å². The number of phenolic OH excluding ortho intramolecular Hbond substituents is 1. The van der Waals surface area contributed by atoms with Crippen molar-refractivity contribution >= 4 is 28.6 Å². The Labute approximate surface area is 165 Å². The highest BCUT2D eigenvalue weighted by molar-refractivity contribution is 6.02. The van der Waals surface area contributed by atoms with Crippen LogP contribution in [-0.2, 0) is 0 Å². The molecular weight excluding hydrogens is 378 g/mol. The summed E-state index contributed by atoms with van der Waals surface area (Å²) in [6.07, 6.45) is 1.12. The van der Waals surface area contributed by atoms with E-state index < -0.39 is 10.8 Å². The molecule has 1 amide bonds. The van der Waals surface area contributed by atoms with Crippen molar-refractivity contribution in [1.82, 2.24) is 5.43 Å². The van der Waals surface area contributed by atoms with Crippen LogP contribution in [0.1, 0.15) is 15.9 Å². The fourth-order valence-corrected chi connectivity index (χ4v) is 2.78. The van der Waals surface area contributed by atoms with Gasteiger partial charge in [-0.05, 0) is 29.0 Å². The van der Waals surface area contributed by atoms with Crippen LogP contribution >= 0.6 is 0 Å². The summed E-state index contributed by atoms with van der Waals surface area (Å²) in [5, 5.41) is 26.7. The van der Waals surface area contributed by atoms with Crippen LogP contribution in [0.3, 0.4) is 0 Å². The van der Waals surface area contributed by atoms with Gasteiger partial charge in [0.05, 0.1) is 42.6 Å². The molecule has 0 heterocycles. The number of hydrogen-bond donors (Lipinski definition) is 2. The topological polar surface area (TPSA) is 123 Å². The first-order valence-corrected chi connectivity index (χ1v) is 8.40. The van der Waals surface area contributed by atoms with E-state index in [0.717, 1.165) is 17.0 Å². The minimum Gasteiger partial charge on any atom is -0.507 e. The van der Waals surface area contributed by atoms with Crippen LogP contribution in [0.4, 0.5) is 5.69 Å². The minimum atomic E-state index is -0.660. The van der Waals surface area contributed by atoms with Crippen molar-refractivity contribution < 1.29 is 24.3 Å². The first-order valence-electron chi connectivity index (χ1n) is 8.40. The molecule has 0 fully saturated rings. The number of carbonyl (C=O) groups excluding carboxylic acids is 1. The maximum absolute atomic E-state index is 12.4. The number of fused-ring (bicyclic) bond motifs is 1. The van der Waals surface area contributed by atoms with E-state index in [9.17, 15) is 20.0 Å². The molecular formula is C20H17N3O6. The first-order chi connectivity index (χ1) is 13.9. The van der Waals surface area contributed by atoms with Gasteiger partial charge in [0.1, 0.15) is 5.75 Å². The van der Waals surface area contributed by atoms with E-state index in [1.165, 1.54) is 38.5 Å². The quantitative estimate of drug-likeness (QED) is 0.375. The minimum absolute atomic E-state index is 0.0302. The summed E-state index contributed by atoms with van der Waals surface area (Å²) < 4.78 is 10.2. The Morgan fingerprint density at radius 1 is 1.10 bits per heavy atom. The number of nitrogens with zero attached hydrogens (tertiary/aromatic N) is 2. The summed E-state index contributed by atoms with van der Waals surface area (Å²) in [5.74, 6) is -0.388. The van der Waals surface area contributed by atoms with Crippen molar-refractivity contribution in [2.45, 2.75) is 0 Å². The normalized spacial score (nSPS) is 10.8. The molecule has 3 aromatic carbocycles. The predicted octanol–water partition coefficient (Wildman–Crippen LogP) is 3.23. The fourth-order valence-electron chi connectivity index (χ4n) is 2.78. The van der Waals surface area contributed by atoms with Gasteiger partial charge in [-0.25, -0.2) is 5.43 Å². The Morgan fingerprint density at radius 2 is 1.72 bits per heavy atom. The number of nitro groups is 1. The molecule has 0 spiro atoms. The lowest BCUT2D eigenvalue weighted by Gasteiger charge is -2.08. The third-order valence-electron chi connectivity index (χ3n) is 4.21. The second kappa shape index (κ2) is 8.26. The van der Waals surface area contributed by atoms with Crippen molar-refractivity contribution in [3.05, 3.63) is 69.8 Å². The zero-order valence-electron chi connectivity index (χ0n) is 15.6. The van der Waals surface area contributed by atoms with Gasteiger partial charge in [-0.2, -0.15) is 5.10 Å². The summed E-state index contributed by atoms with van der Waals surface area (Å²) in [6, 6.07) is 12.9. The molecule has 0 aromatic heterocycles. The molecule has 0 atom stereocenters. The Kier molecular flexibility index (Phi) is 5.59. The molecule has 3 aromatic rings. The molecule has 0 bridgehead atoms. The zero-order valence-corrected chi connectivity index (χ0v) is 15.6. The van der Waals surface area contributed by atoms with Crippen LogP contribution in [0.25, 0.3) is 10.8 Å². The molecule has 9 heteroatoms. The molecule has 148 valence electrons. The summed E-state index contributed by atoms with van der Waals surface area (Å²) >= 11 is 0. The van der Waals surface area contributed by atoms with Gasteiger partial charge in [-0.1, -0.05) is 24.3 Å². The van der Waals surface area contributed by atoms with Gasteiger partial charge in [0.25, 0.3) is 11.6 Å². The van der Waals surface area contributed by atoms with E-state index in [1.54, 1.807) is 0 Å². The molecule has 9 nitrogen and oxygen atoms in total. The van der Waals surface area contributed by atoms with Gasteiger partial charge in [-0.15, -0.1) is 0 Å². The van der Waals surface area contributed by atoms with Crippen LogP contribution in [0, 0.1) is 10.1 Å². The summed E-state index contributed by atoms with van der Waals surface area (Å²) in [4.78, 5) is 23.1. The SMILES string of the molecule is COc1cc(C=NNC(=O)c2cc3ccccc3cc2O)c([N+](=O)[O-])cc1OC. The van der Waals surface area contributed by atoms with E-state index >= 15 is 0 Å². The van der Waals surface area contributed by atoms with Crippen LogP contribution in [0.5, 0.6) is 17.2 Å². The van der Waals surface area contributed by atoms with Gasteiger partial charge >= 0.3 is 0 Å². The van der Waals surface area contributed by atoms with Crippen LogP contribution in [0.15, 0.2) is 53.6 Å². The summed E-state index contributed by atoms with van der Waals surface area (Å²) in [7, 11) is 2.76. The molecule has 0 aliphatic rings. The van der Waals surface area contributed by atoms with E-state index in [2.05, 4.69) is 10.5 Å². The van der Waals surface area contributed by atoms with E-state index in [4.69, 9.17) is 9.47 Å². The smallest absolute Gasteiger partial charge is 0.282 e. The molecule has 2 N–H and O–H groups in total. The van der Waals surface area contributed by atoms with Crippen molar-refractivity contribution in [2.75, 3.05) is 14.2 Å². The lowest BCUT2D eigenvalue weighted by molar-refractivity contribution is -0.385. The Bertz CT molecular complexity index is 1130. The number of nitro benzene ring substituents is 1. The number of methoxy groups -OCH3 is 2. The number of nitrogens with one attached hydrogen (secondary N) is 1. The fraction of sp³-hybridized carbons (Fsp3) is 0.100. The van der Waals surface area contributed by atoms with E-state index in [0.29, 0.717) is 0 Å². The Balaban J connectivity index is 1.87. The third kappa shape index (κ3) is 4.08. The summed E-state index contributed by atoms with van der Waals surface area (Å²) in [5.41, 5.74) is 2.13. The molecule has 29 heavy (non-hydrogen) atoms. The highest BCUT2D eigenvalue weighted by Gasteiger charge is 2.18. The third-order valence-corrected chi connectivity index (χ3v) is 4.21. The number of hydrogen-bond acceptors (Lipinski definition) is 7. The van der Waals surface area contributed by atoms with E-state index in [1.807, 2.05) is 24.3 Å². The molecule has 0 aliphatic heterocycles. The number of phenols is 1. The van der Waals surface area contributed by atoms with Gasteiger partial charge in [0.2, 0.25) is 0 Å². The van der Waals surface area contributed by atoms with Crippen molar-refractivity contribution in [2.24, 2.45) is 5.10 Å². The average Bonchev–Trinajstić information content (AvgIpc) is 2.72. The Morgan fingerprint density at radius 3 is 2.34 bits per heavy atom. The maximum Gasteiger partial charge on any atom is 0.282 e. The molecule has 0 radical (unpaired) electrons. The van der Waals surface area contributed by atoms with E-state index in [-0.39, 0.29) is 34.1 Å². The second-order valence-electron chi connectivity index (χ2n) is 5.94. The van der Waals surface area contributed by atoms with Crippen LogP contribution in [0.2, 0.25) is 0 Å². The first kappa shape index (κ1) is 19.6. The van der Waals surface area contributed by atoms with Gasteiger partial charge in [0, 0.05) is 0 Å². The standard InChI is InChI=1S/C20H17N3O6/c1-28-18-9-14(16(23(26)27)10-19(18)29-2)11-21-22-20(25)15-7-12-5-3-4-6-13(12)8-17(15)24/h3-11,24H,1-2H3,(H,22,25). The van der Waals surface area contributed by atoms with Crippen molar-refractivity contribution in [3.63, 3.8) is 0 Å². The maximum atomic E-state index is 12.4. The molecule has 3 rings (SSSR count). The number of benzene rings is 3. The lowest BCUT2D eigenvalue weighted by atomic mass is 10.1. The monoisotopic (exact) mass is 395 g/mol. The summed E-state index contributed by atoms with van der Waals surface area (Å²) in [6.45, 7) is 0. The molecule has 0 saturated heterocycles. The Hall–Kier alpha value is -4.14. The number of amides is 1. The van der Waals surface area contributed by atoms with Crippen molar-refractivity contribution in [1.29, 1.82) is 0 Å². The van der Waals surface area contributed by atoms with Gasteiger partial charge in [0.15, 0.2) is 11.5 Å². The number of aromatic hydroxyl groups is 1. The number of rotatable bonds is 6. The number of hydrazone groups is 1. The van der Waals surface area contributed by atoms with Gasteiger partial charge < -0.3 is 14.6 Å². The number of ether oxygens (including phenoxy) is 2. The van der Waals surface area contributed by atoms with Crippen LogP contribution in [-0.4, -0.2) is 36.4 Å². The zero-order chi connectivity index (χ0) is 21.0.